The molecular formula is C13H15ClN2O3. The molecule has 1 atom stereocenters. The lowest BCUT2D eigenvalue weighted by Crippen LogP contribution is -2.41. The summed E-state index contributed by atoms with van der Waals surface area (Å²) in [6, 6.07) is 4.85. The van der Waals surface area contributed by atoms with E-state index < -0.39 is 6.04 Å². The number of hydrogen-bond acceptors (Lipinski definition) is 3. The summed E-state index contributed by atoms with van der Waals surface area (Å²) in [4.78, 5) is 22.8. The summed E-state index contributed by atoms with van der Waals surface area (Å²) in [5.41, 5.74) is 0.806. The summed E-state index contributed by atoms with van der Waals surface area (Å²) >= 11 is 6.07. The average Bonchev–Trinajstić information content (AvgIpc) is 2.83. The molecule has 1 aliphatic heterocycles. The lowest BCUT2D eigenvalue weighted by Gasteiger charge is -2.12. The molecule has 1 saturated heterocycles. The number of benzene rings is 1. The maximum absolute atomic E-state index is 11.8. The van der Waals surface area contributed by atoms with E-state index in [1.165, 1.54) is 0 Å². The number of carbonyl (C=O) groups excluding carboxylic acids is 2. The highest BCUT2D eigenvalue weighted by atomic mass is 35.5. The number of ether oxygens (including phenoxy) is 1. The second-order valence-electron chi connectivity index (χ2n) is 4.33. The van der Waals surface area contributed by atoms with Gasteiger partial charge in [0.2, 0.25) is 11.8 Å². The van der Waals surface area contributed by atoms with Gasteiger partial charge in [0.1, 0.15) is 11.8 Å². The van der Waals surface area contributed by atoms with Crippen LogP contribution in [0.1, 0.15) is 18.4 Å². The first kappa shape index (κ1) is 13.7. The molecule has 102 valence electrons. The Hall–Kier alpha value is -1.75. The number of nitrogens with one attached hydrogen (secondary N) is 2. The normalized spacial score (nSPS) is 18.0. The van der Waals surface area contributed by atoms with Gasteiger partial charge in [-0.2, -0.15) is 0 Å². The first-order valence-electron chi connectivity index (χ1n) is 5.99. The fourth-order valence-electron chi connectivity index (χ4n) is 1.91. The van der Waals surface area contributed by atoms with Crippen molar-refractivity contribution in [1.29, 1.82) is 0 Å². The van der Waals surface area contributed by atoms with Crippen LogP contribution in [0.2, 0.25) is 5.02 Å². The van der Waals surface area contributed by atoms with Gasteiger partial charge in [-0.3, -0.25) is 9.59 Å². The smallest absolute Gasteiger partial charge is 0.242 e. The highest BCUT2D eigenvalue weighted by Crippen LogP contribution is 2.22. The summed E-state index contributed by atoms with van der Waals surface area (Å²) in [5, 5.41) is 5.92. The maximum atomic E-state index is 11.8. The van der Waals surface area contributed by atoms with E-state index in [9.17, 15) is 9.59 Å². The molecule has 19 heavy (non-hydrogen) atoms. The van der Waals surface area contributed by atoms with Gasteiger partial charge in [0.15, 0.2) is 0 Å². The third kappa shape index (κ3) is 3.38. The van der Waals surface area contributed by atoms with Gasteiger partial charge < -0.3 is 15.4 Å². The van der Waals surface area contributed by atoms with E-state index >= 15 is 0 Å². The van der Waals surface area contributed by atoms with Gasteiger partial charge in [0, 0.05) is 18.0 Å². The van der Waals surface area contributed by atoms with E-state index in [-0.39, 0.29) is 11.8 Å². The van der Waals surface area contributed by atoms with Gasteiger partial charge in [-0.15, -0.1) is 0 Å². The Labute approximate surface area is 116 Å². The van der Waals surface area contributed by atoms with Gasteiger partial charge in [0.05, 0.1) is 7.11 Å². The highest BCUT2D eigenvalue weighted by molar-refractivity contribution is 6.31. The first-order chi connectivity index (χ1) is 9.10. The van der Waals surface area contributed by atoms with Crippen molar-refractivity contribution in [3.05, 3.63) is 28.8 Å². The van der Waals surface area contributed by atoms with Crippen molar-refractivity contribution < 1.29 is 14.3 Å². The molecule has 1 aromatic carbocycles. The number of hydrogen-bond donors (Lipinski definition) is 2. The standard InChI is InChI=1S/C13H15ClN2O3/c1-19-9-3-2-8(10(14)6-9)7-15-13(18)11-4-5-12(17)16-11/h2-3,6,11H,4-5,7H2,1H3,(H,15,18)(H,16,17). The number of rotatable bonds is 4. The summed E-state index contributed by atoms with van der Waals surface area (Å²) in [5.74, 6) is 0.406. The molecule has 0 spiro atoms. The van der Waals surface area contributed by atoms with Gasteiger partial charge in [-0.05, 0) is 24.1 Å². The molecule has 1 aliphatic rings. The molecule has 1 aromatic rings. The van der Waals surface area contributed by atoms with Crippen molar-refractivity contribution in [2.24, 2.45) is 0 Å². The van der Waals surface area contributed by atoms with Crippen LogP contribution < -0.4 is 15.4 Å². The van der Waals surface area contributed by atoms with E-state index in [0.717, 1.165) is 5.56 Å². The quantitative estimate of drug-likeness (QED) is 0.873. The first-order valence-corrected chi connectivity index (χ1v) is 6.37. The minimum Gasteiger partial charge on any atom is -0.497 e. The molecule has 0 aromatic heterocycles. The zero-order valence-electron chi connectivity index (χ0n) is 10.5. The lowest BCUT2D eigenvalue weighted by atomic mass is 10.2. The topological polar surface area (TPSA) is 67.4 Å². The SMILES string of the molecule is COc1ccc(CNC(=O)C2CCC(=O)N2)c(Cl)c1. The molecule has 1 fully saturated rings. The third-order valence-corrected chi connectivity index (χ3v) is 3.38. The van der Waals surface area contributed by atoms with Gasteiger partial charge >= 0.3 is 0 Å². The molecule has 1 unspecified atom stereocenters. The molecule has 2 amide bonds. The minimum atomic E-state index is -0.426. The Balaban J connectivity index is 1.91. The molecule has 6 heteroatoms. The lowest BCUT2D eigenvalue weighted by molar-refractivity contribution is -0.125. The Bertz CT molecular complexity index is 505. The van der Waals surface area contributed by atoms with Crippen LogP contribution in [0.4, 0.5) is 0 Å². The third-order valence-electron chi connectivity index (χ3n) is 3.03. The van der Waals surface area contributed by atoms with E-state index in [4.69, 9.17) is 16.3 Å². The van der Waals surface area contributed by atoms with Crippen molar-refractivity contribution >= 4 is 23.4 Å². The van der Waals surface area contributed by atoms with E-state index in [1.54, 1.807) is 25.3 Å². The van der Waals surface area contributed by atoms with Crippen molar-refractivity contribution in [2.75, 3.05) is 7.11 Å². The van der Waals surface area contributed by atoms with Crippen LogP contribution in [0.25, 0.3) is 0 Å². The number of carbonyl (C=O) groups is 2. The van der Waals surface area contributed by atoms with Crippen molar-refractivity contribution in [2.45, 2.75) is 25.4 Å². The van der Waals surface area contributed by atoms with Crippen LogP contribution in [0.15, 0.2) is 18.2 Å². The molecule has 2 N–H and O–H groups in total. The van der Waals surface area contributed by atoms with Gasteiger partial charge in [-0.25, -0.2) is 0 Å². The van der Waals surface area contributed by atoms with Crippen molar-refractivity contribution in [1.82, 2.24) is 10.6 Å². The van der Waals surface area contributed by atoms with Crippen LogP contribution in [0.5, 0.6) is 5.75 Å². The Kier molecular flexibility index (Phi) is 4.27. The zero-order chi connectivity index (χ0) is 13.8. The molecular weight excluding hydrogens is 268 g/mol. The predicted octanol–water partition coefficient (Wildman–Crippen LogP) is 1.24. The van der Waals surface area contributed by atoms with Crippen LogP contribution in [-0.2, 0) is 16.1 Å². The molecule has 5 nitrogen and oxygen atoms in total. The van der Waals surface area contributed by atoms with Crippen LogP contribution in [0, 0.1) is 0 Å². The molecule has 0 bridgehead atoms. The van der Waals surface area contributed by atoms with Crippen LogP contribution >= 0.6 is 11.6 Å². The molecule has 0 aliphatic carbocycles. The fraction of sp³-hybridized carbons (Fsp3) is 0.385. The van der Waals surface area contributed by atoms with Crippen LogP contribution in [0.3, 0.4) is 0 Å². The highest BCUT2D eigenvalue weighted by Gasteiger charge is 2.26. The average molecular weight is 283 g/mol. The molecule has 0 radical (unpaired) electrons. The molecule has 0 saturated carbocycles. The Morgan fingerprint density at radius 3 is 2.95 bits per heavy atom. The number of methoxy groups -OCH3 is 1. The summed E-state index contributed by atoms with van der Waals surface area (Å²) in [7, 11) is 1.57. The summed E-state index contributed by atoms with van der Waals surface area (Å²) < 4.78 is 5.05. The molecule has 1 heterocycles. The summed E-state index contributed by atoms with van der Waals surface area (Å²) in [6.45, 7) is 0.327. The second kappa shape index (κ2) is 5.93. The number of halogens is 1. The Morgan fingerprint density at radius 2 is 2.37 bits per heavy atom. The van der Waals surface area contributed by atoms with Crippen molar-refractivity contribution in [3.63, 3.8) is 0 Å². The minimum absolute atomic E-state index is 0.0809. The largest absolute Gasteiger partial charge is 0.497 e. The number of amides is 2. The monoisotopic (exact) mass is 282 g/mol. The van der Waals surface area contributed by atoms with E-state index in [1.807, 2.05) is 0 Å². The van der Waals surface area contributed by atoms with E-state index in [0.29, 0.717) is 30.2 Å². The zero-order valence-corrected chi connectivity index (χ0v) is 11.3. The predicted molar refractivity (Wildman–Crippen MR) is 71.0 cm³/mol. The van der Waals surface area contributed by atoms with E-state index in [2.05, 4.69) is 10.6 Å². The second-order valence-corrected chi connectivity index (χ2v) is 4.74. The maximum Gasteiger partial charge on any atom is 0.242 e. The van der Waals surface area contributed by atoms with Crippen LogP contribution in [-0.4, -0.2) is 25.0 Å². The van der Waals surface area contributed by atoms with Gasteiger partial charge in [-0.1, -0.05) is 17.7 Å². The Morgan fingerprint density at radius 1 is 1.58 bits per heavy atom. The van der Waals surface area contributed by atoms with Gasteiger partial charge in [0.25, 0.3) is 0 Å². The fourth-order valence-corrected chi connectivity index (χ4v) is 2.15. The summed E-state index contributed by atoms with van der Waals surface area (Å²) in [6.07, 6.45) is 0.947. The van der Waals surface area contributed by atoms with Crippen molar-refractivity contribution in [3.8, 4) is 5.75 Å². The molecule has 2 rings (SSSR count).